The molecule has 2 spiro atoms. The van der Waals surface area contributed by atoms with Gasteiger partial charge in [-0.2, -0.15) is 0 Å². The van der Waals surface area contributed by atoms with Gasteiger partial charge in [0.05, 0.1) is 43.0 Å². The second kappa shape index (κ2) is 10.9. The maximum atomic E-state index is 12.2. The molecule has 226 valence electrons. The number of ketones is 1. The number of hydrogen-bond acceptors (Lipinski definition) is 8. The molecule has 40 heavy (non-hydrogen) atoms. The van der Waals surface area contributed by atoms with Gasteiger partial charge in [-0.05, 0) is 73.6 Å². The second-order valence-corrected chi connectivity index (χ2v) is 13.8. The lowest BCUT2D eigenvalue weighted by Gasteiger charge is -2.42. The van der Waals surface area contributed by atoms with Crippen molar-refractivity contribution in [1.82, 2.24) is 0 Å². The number of Topliss-reactive ketones (excluding diaryl/α,β-unsaturated/α-hetero) is 1. The van der Waals surface area contributed by atoms with Crippen LogP contribution in [0.15, 0.2) is 23.3 Å². The number of ether oxygens (including phenoxy) is 6. The van der Waals surface area contributed by atoms with Crippen molar-refractivity contribution in [3.63, 3.8) is 0 Å². The number of carbonyl (C=O) groups excluding carboxylic acids is 1. The summed E-state index contributed by atoms with van der Waals surface area (Å²) in [7, 11) is 3.38. The SMILES string of the molecule is CO[C@@H]1C(=O)CC[C@]2(CO2)[C@H]1[C@@]1(C)O[C@@H]1CC=C(C)C.CO[C@@H]1[C@H](N)CC[C@]2(CO2)[C@H]1[C@@]1(C)O[C@@H]1CC=C(C)C. The van der Waals surface area contributed by atoms with E-state index in [0.29, 0.717) is 6.42 Å². The molecule has 6 rings (SSSR count). The van der Waals surface area contributed by atoms with Crippen molar-refractivity contribution in [2.24, 2.45) is 17.6 Å². The molecule has 2 saturated carbocycles. The molecule has 4 heterocycles. The van der Waals surface area contributed by atoms with Crippen molar-refractivity contribution >= 4 is 5.78 Å². The first-order valence-corrected chi connectivity index (χ1v) is 15.1. The Balaban J connectivity index is 0.000000161. The Bertz CT molecular complexity index is 1020. The van der Waals surface area contributed by atoms with Gasteiger partial charge in [0.2, 0.25) is 0 Å². The van der Waals surface area contributed by atoms with Gasteiger partial charge in [0.15, 0.2) is 5.78 Å². The van der Waals surface area contributed by atoms with E-state index >= 15 is 0 Å². The molecule has 6 fully saturated rings. The second-order valence-electron chi connectivity index (χ2n) is 13.8. The van der Waals surface area contributed by atoms with E-state index in [0.717, 1.165) is 45.3 Å². The van der Waals surface area contributed by atoms with Crippen molar-refractivity contribution in [2.45, 2.75) is 133 Å². The summed E-state index contributed by atoms with van der Waals surface area (Å²) in [5, 5.41) is 0. The van der Waals surface area contributed by atoms with E-state index < -0.39 is 0 Å². The number of nitrogens with two attached hydrogens (primary N) is 1. The van der Waals surface area contributed by atoms with Crippen molar-refractivity contribution < 1.29 is 33.2 Å². The summed E-state index contributed by atoms with van der Waals surface area (Å²) in [4.78, 5) is 12.2. The van der Waals surface area contributed by atoms with Gasteiger partial charge in [0, 0.05) is 32.6 Å². The van der Waals surface area contributed by atoms with E-state index in [9.17, 15) is 4.79 Å². The van der Waals surface area contributed by atoms with Crippen LogP contribution in [0.3, 0.4) is 0 Å². The number of carbonyl (C=O) groups is 1. The quantitative estimate of drug-likeness (QED) is 0.345. The fourth-order valence-corrected chi connectivity index (χ4v) is 7.80. The fourth-order valence-electron chi connectivity index (χ4n) is 7.80. The van der Waals surface area contributed by atoms with Crippen molar-refractivity contribution in [3.05, 3.63) is 23.3 Å². The molecule has 8 heteroatoms. The largest absolute Gasteiger partial charge is 0.379 e. The first-order chi connectivity index (χ1) is 18.9. The summed E-state index contributed by atoms with van der Waals surface area (Å²) in [5.74, 6) is 0.465. The van der Waals surface area contributed by atoms with Crippen LogP contribution in [0.4, 0.5) is 0 Å². The molecule has 2 N–H and O–H groups in total. The predicted octanol–water partition coefficient (Wildman–Crippen LogP) is 4.28. The van der Waals surface area contributed by atoms with Crippen LogP contribution in [0, 0.1) is 11.8 Å². The van der Waals surface area contributed by atoms with Gasteiger partial charge in [0.25, 0.3) is 0 Å². The highest BCUT2D eigenvalue weighted by atomic mass is 16.6. The maximum absolute atomic E-state index is 12.2. The zero-order valence-corrected chi connectivity index (χ0v) is 25.8. The Morgan fingerprint density at radius 1 is 0.875 bits per heavy atom. The highest BCUT2D eigenvalue weighted by Crippen LogP contribution is 2.60. The summed E-state index contributed by atoms with van der Waals surface area (Å²) < 4.78 is 34.9. The molecule has 11 atom stereocenters. The van der Waals surface area contributed by atoms with Crippen molar-refractivity contribution in [2.75, 3.05) is 27.4 Å². The predicted molar refractivity (Wildman–Crippen MR) is 152 cm³/mol. The number of allylic oxidation sites excluding steroid dienone is 2. The van der Waals surface area contributed by atoms with Gasteiger partial charge in [-0.25, -0.2) is 0 Å². The molecule has 0 aromatic rings. The van der Waals surface area contributed by atoms with E-state index in [2.05, 4.69) is 53.7 Å². The third kappa shape index (κ3) is 5.50. The third-order valence-corrected chi connectivity index (χ3v) is 10.4. The lowest BCUT2D eigenvalue weighted by Crippen LogP contribution is -2.57. The zero-order valence-electron chi connectivity index (χ0n) is 25.8. The van der Waals surface area contributed by atoms with Crippen LogP contribution in [-0.4, -0.2) is 86.1 Å². The molecule has 0 aromatic carbocycles. The van der Waals surface area contributed by atoms with E-state index in [1.54, 1.807) is 14.2 Å². The van der Waals surface area contributed by atoms with Gasteiger partial charge in [-0.3, -0.25) is 4.79 Å². The minimum atomic E-state index is -0.382. The van der Waals surface area contributed by atoms with Crippen LogP contribution >= 0.6 is 0 Å². The Labute approximate surface area is 240 Å². The zero-order chi connectivity index (χ0) is 29.1. The van der Waals surface area contributed by atoms with E-state index in [1.165, 1.54) is 11.1 Å². The monoisotopic (exact) mass is 561 g/mol. The lowest BCUT2D eigenvalue weighted by atomic mass is 9.67. The first-order valence-electron chi connectivity index (χ1n) is 15.1. The summed E-state index contributed by atoms with van der Waals surface area (Å²) >= 11 is 0. The van der Waals surface area contributed by atoms with Crippen LogP contribution in [0.25, 0.3) is 0 Å². The average molecular weight is 562 g/mol. The van der Waals surface area contributed by atoms with Crippen molar-refractivity contribution in [3.8, 4) is 0 Å². The van der Waals surface area contributed by atoms with Crippen LogP contribution in [0.5, 0.6) is 0 Å². The molecular formula is C32H51NO7. The summed E-state index contributed by atoms with van der Waals surface area (Å²) in [5.41, 5.74) is 8.25. The molecule has 0 amide bonds. The number of rotatable bonds is 8. The third-order valence-electron chi connectivity index (χ3n) is 10.4. The number of hydrogen-bond donors (Lipinski definition) is 1. The van der Waals surface area contributed by atoms with Gasteiger partial charge >= 0.3 is 0 Å². The molecule has 0 unspecified atom stereocenters. The van der Waals surface area contributed by atoms with E-state index in [1.807, 2.05) is 0 Å². The number of epoxide rings is 4. The Kier molecular flexibility index (Phi) is 8.23. The Morgan fingerprint density at radius 3 is 1.82 bits per heavy atom. The minimum Gasteiger partial charge on any atom is -0.379 e. The molecule has 4 aliphatic heterocycles. The molecule has 0 radical (unpaired) electrons. The standard InChI is InChI=1S/C16H27NO3.C16H24O4/c2*1-10(2)5-6-12-15(3,20-12)14-13(18-4)11(17)7-8-16(14)9-19-16/h5,11-14H,6-9,17H2,1-4H3;5,12-14H,6-9H2,1-4H3/t11-,12-,13-,14-,15+,16+;12-,13-,14-,15+,16+/m11/s1. The highest BCUT2D eigenvalue weighted by Gasteiger charge is 2.72. The lowest BCUT2D eigenvalue weighted by molar-refractivity contribution is -0.142. The van der Waals surface area contributed by atoms with Gasteiger partial charge in [-0.1, -0.05) is 23.3 Å². The van der Waals surface area contributed by atoms with Gasteiger partial charge < -0.3 is 34.2 Å². The molecular weight excluding hydrogens is 510 g/mol. The average Bonchev–Trinajstić information content (AvgIpc) is 3.76. The van der Waals surface area contributed by atoms with Gasteiger partial charge in [0.1, 0.15) is 22.9 Å². The number of methoxy groups -OCH3 is 2. The molecule has 0 bridgehead atoms. The maximum Gasteiger partial charge on any atom is 0.162 e. The molecule has 6 aliphatic rings. The van der Waals surface area contributed by atoms with Gasteiger partial charge in [-0.15, -0.1) is 0 Å². The molecule has 4 saturated heterocycles. The Morgan fingerprint density at radius 2 is 1.38 bits per heavy atom. The van der Waals surface area contributed by atoms with Crippen LogP contribution in [0.2, 0.25) is 0 Å². The molecule has 8 nitrogen and oxygen atoms in total. The summed E-state index contributed by atoms with van der Waals surface area (Å²) in [6, 6.07) is 0.0879. The van der Waals surface area contributed by atoms with Crippen molar-refractivity contribution in [1.29, 1.82) is 0 Å². The topological polar surface area (TPSA) is 112 Å². The fraction of sp³-hybridized carbons (Fsp3) is 0.844. The van der Waals surface area contributed by atoms with E-state index in [-0.39, 0.29) is 70.5 Å². The summed E-state index contributed by atoms with van der Waals surface area (Å²) in [6.45, 7) is 14.3. The van der Waals surface area contributed by atoms with Crippen LogP contribution in [0.1, 0.15) is 80.1 Å². The highest BCUT2D eigenvalue weighted by molar-refractivity contribution is 5.85. The Hall–Kier alpha value is -1.13. The normalized spacial score (nSPS) is 48.2. The smallest absolute Gasteiger partial charge is 0.162 e. The van der Waals surface area contributed by atoms with Crippen LogP contribution < -0.4 is 5.73 Å². The molecule has 2 aliphatic carbocycles. The summed E-state index contributed by atoms with van der Waals surface area (Å²) in [6.07, 6.45) is 9.79. The molecule has 0 aromatic heterocycles. The van der Waals surface area contributed by atoms with E-state index in [4.69, 9.17) is 34.2 Å². The first kappa shape index (κ1) is 30.3. The minimum absolute atomic E-state index is 0.0248. The van der Waals surface area contributed by atoms with Crippen LogP contribution in [-0.2, 0) is 33.2 Å².